The molecule has 1 unspecified atom stereocenters. The zero-order valence-electron chi connectivity index (χ0n) is 12.3. The zero-order chi connectivity index (χ0) is 12.5. The minimum absolute atomic E-state index is 0.795. The van der Waals surface area contributed by atoms with Gasteiger partial charge in [-0.1, -0.05) is 58.8 Å². The van der Waals surface area contributed by atoms with Crippen LogP contribution < -0.4 is 5.32 Å². The highest BCUT2D eigenvalue weighted by molar-refractivity contribution is 4.81. The van der Waals surface area contributed by atoms with Gasteiger partial charge in [0.15, 0.2) is 0 Å². The van der Waals surface area contributed by atoms with Crippen molar-refractivity contribution in [1.29, 1.82) is 0 Å². The van der Waals surface area contributed by atoms with Gasteiger partial charge in [0.25, 0.3) is 0 Å². The predicted molar refractivity (Wildman–Crippen MR) is 77.3 cm³/mol. The molecule has 0 saturated heterocycles. The summed E-state index contributed by atoms with van der Waals surface area (Å²) in [6.07, 6.45) is 14.3. The Hall–Kier alpha value is -0.0400. The standard InChI is InChI=1S/C16H33N/c1-4-6-7-9-16(17-3)15-12-10-14(8-5-2)11-13-15/h14-17H,4-13H2,1-3H3. The van der Waals surface area contributed by atoms with Gasteiger partial charge >= 0.3 is 0 Å². The number of rotatable bonds is 8. The van der Waals surface area contributed by atoms with E-state index in [1.807, 2.05) is 0 Å². The summed E-state index contributed by atoms with van der Waals surface area (Å²) in [6.45, 7) is 4.62. The monoisotopic (exact) mass is 239 g/mol. The molecule has 0 aromatic rings. The van der Waals surface area contributed by atoms with E-state index in [0.29, 0.717) is 0 Å². The molecule has 1 N–H and O–H groups in total. The molecule has 0 aromatic carbocycles. The highest BCUT2D eigenvalue weighted by Gasteiger charge is 2.25. The van der Waals surface area contributed by atoms with E-state index in [1.165, 1.54) is 64.2 Å². The summed E-state index contributed by atoms with van der Waals surface area (Å²) in [5.74, 6) is 2.01. The van der Waals surface area contributed by atoms with Gasteiger partial charge in [0, 0.05) is 6.04 Å². The second kappa shape index (κ2) is 8.97. The van der Waals surface area contributed by atoms with Gasteiger partial charge in [0.1, 0.15) is 0 Å². The quantitative estimate of drug-likeness (QED) is 0.602. The lowest BCUT2D eigenvalue weighted by atomic mass is 9.76. The Bertz CT molecular complexity index is 170. The molecule has 17 heavy (non-hydrogen) atoms. The van der Waals surface area contributed by atoms with Crippen molar-refractivity contribution in [2.24, 2.45) is 11.8 Å². The summed E-state index contributed by atoms with van der Waals surface area (Å²) in [7, 11) is 2.16. The van der Waals surface area contributed by atoms with E-state index in [1.54, 1.807) is 0 Å². The average Bonchev–Trinajstić information content (AvgIpc) is 2.36. The molecule has 1 aliphatic rings. The number of nitrogens with one attached hydrogen (secondary N) is 1. The molecule has 0 amide bonds. The summed E-state index contributed by atoms with van der Waals surface area (Å²) in [4.78, 5) is 0. The first-order valence-corrected chi connectivity index (χ1v) is 7.99. The molecule has 0 heterocycles. The molecule has 1 rings (SSSR count). The van der Waals surface area contributed by atoms with Crippen molar-refractivity contribution in [1.82, 2.24) is 5.32 Å². The zero-order valence-corrected chi connectivity index (χ0v) is 12.3. The largest absolute Gasteiger partial charge is 0.317 e. The van der Waals surface area contributed by atoms with Crippen LogP contribution in [0.5, 0.6) is 0 Å². The lowest BCUT2D eigenvalue weighted by molar-refractivity contribution is 0.210. The molecule has 0 radical (unpaired) electrons. The highest BCUT2D eigenvalue weighted by atomic mass is 14.9. The SMILES string of the molecule is CCCCCC(NC)C1CCC(CCC)CC1. The van der Waals surface area contributed by atoms with Gasteiger partial charge in [-0.25, -0.2) is 0 Å². The van der Waals surface area contributed by atoms with E-state index >= 15 is 0 Å². The third-order valence-electron chi connectivity index (χ3n) is 4.65. The predicted octanol–water partition coefficient (Wildman–Crippen LogP) is 4.76. The fraction of sp³-hybridized carbons (Fsp3) is 1.00. The summed E-state index contributed by atoms with van der Waals surface area (Å²) < 4.78 is 0. The van der Waals surface area contributed by atoms with E-state index < -0.39 is 0 Å². The average molecular weight is 239 g/mol. The van der Waals surface area contributed by atoms with E-state index in [9.17, 15) is 0 Å². The maximum atomic E-state index is 3.58. The maximum Gasteiger partial charge on any atom is 0.00923 e. The first kappa shape index (κ1) is 15.0. The van der Waals surface area contributed by atoms with Gasteiger partial charge in [-0.15, -0.1) is 0 Å². The van der Waals surface area contributed by atoms with Crippen LogP contribution in [0, 0.1) is 11.8 Å². The summed E-state index contributed by atoms with van der Waals surface area (Å²) >= 11 is 0. The highest BCUT2D eigenvalue weighted by Crippen LogP contribution is 2.34. The van der Waals surface area contributed by atoms with Crippen LogP contribution in [-0.2, 0) is 0 Å². The van der Waals surface area contributed by atoms with Crippen LogP contribution in [0.1, 0.15) is 78.1 Å². The fourth-order valence-electron chi connectivity index (χ4n) is 3.52. The van der Waals surface area contributed by atoms with Crippen LogP contribution in [0.25, 0.3) is 0 Å². The van der Waals surface area contributed by atoms with Crippen molar-refractivity contribution in [3.05, 3.63) is 0 Å². The van der Waals surface area contributed by atoms with Crippen molar-refractivity contribution < 1.29 is 0 Å². The Labute approximate surface area is 109 Å². The Morgan fingerprint density at radius 1 is 1.00 bits per heavy atom. The smallest absolute Gasteiger partial charge is 0.00923 e. The molecule has 102 valence electrons. The molecule has 1 heteroatoms. The van der Waals surface area contributed by atoms with Gasteiger partial charge < -0.3 is 5.32 Å². The Morgan fingerprint density at radius 2 is 1.71 bits per heavy atom. The van der Waals surface area contributed by atoms with Crippen molar-refractivity contribution in [3.8, 4) is 0 Å². The van der Waals surface area contributed by atoms with Gasteiger partial charge in [0.05, 0.1) is 0 Å². The molecule has 1 aliphatic carbocycles. The molecular formula is C16H33N. The second-order valence-corrected chi connectivity index (χ2v) is 5.96. The third-order valence-corrected chi connectivity index (χ3v) is 4.65. The molecule has 0 bridgehead atoms. The van der Waals surface area contributed by atoms with Gasteiger partial charge in [0.2, 0.25) is 0 Å². The Balaban J connectivity index is 2.24. The van der Waals surface area contributed by atoms with Gasteiger partial charge in [-0.2, -0.15) is 0 Å². The molecule has 1 atom stereocenters. The molecular weight excluding hydrogens is 206 g/mol. The van der Waals surface area contributed by atoms with E-state index in [-0.39, 0.29) is 0 Å². The normalized spacial score (nSPS) is 27.0. The van der Waals surface area contributed by atoms with Crippen LogP contribution in [0.3, 0.4) is 0 Å². The second-order valence-electron chi connectivity index (χ2n) is 5.96. The van der Waals surface area contributed by atoms with Crippen LogP contribution in [0.15, 0.2) is 0 Å². The van der Waals surface area contributed by atoms with Crippen LogP contribution in [-0.4, -0.2) is 13.1 Å². The third kappa shape index (κ3) is 5.42. The van der Waals surface area contributed by atoms with Crippen LogP contribution >= 0.6 is 0 Å². The number of hydrogen-bond acceptors (Lipinski definition) is 1. The summed E-state index contributed by atoms with van der Waals surface area (Å²) in [5, 5.41) is 3.58. The molecule has 1 nitrogen and oxygen atoms in total. The Morgan fingerprint density at radius 3 is 2.24 bits per heavy atom. The lowest BCUT2D eigenvalue weighted by Gasteiger charge is -2.34. The van der Waals surface area contributed by atoms with E-state index in [0.717, 1.165) is 17.9 Å². The summed E-state index contributed by atoms with van der Waals surface area (Å²) in [6, 6.07) is 0.795. The molecule has 1 fully saturated rings. The molecule has 0 aliphatic heterocycles. The number of hydrogen-bond donors (Lipinski definition) is 1. The van der Waals surface area contributed by atoms with Crippen molar-refractivity contribution in [2.45, 2.75) is 84.1 Å². The maximum absolute atomic E-state index is 3.58. The minimum Gasteiger partial charge on any atom is -0.317 e. The van der Waals surface area contributed by atoms with Crippen LogP contribution in [0.4, 0.5) is 0 Å². The van der Waals surface area contributed by atoms with Crippen molar-refractivity contribution >= 4 is 0 Å². The lowest BCUT2D eigenvalue weighted by Crippen LogP contribution is -2.35. The van der Waals surface area contributed by atoms with E-state index in [2.05, 4.69) is 26.2 Å². The first-order chi connectivity index (χ1) is 8.31. The Kier molecular flexibility index (Phi) is 7.92. The van der Waals surface area contributed by atoms with Crippen molar-refractivity contribution in [2.75, 3.05) is 7.05 Å². The van der Waals surface area contributed by atoms with E-state index in [4.69, 9.17) is 0 Å². The first-order valence-electron chi connectivity index (χ1n) is 7.99. The van der Waals surface area contributed by atoms with Gasteiger partial charge in [-0.3, -0.25) is 0 Å². The van der Waals surface area contributed by atoms with Gasteiger partial charge in [-0.05, 0) is 38.1 Å². The minimum atomic E-state index is 0.795. The van der Waals surface area contributed by atoms with Crippen molar-refractivity contribution in [3.63, 3.8) is 0 Å². The number of unbranched alkanes of at least 4 members (excludes halogenated alkanes) is 2. The molecule has 1 saturated carbocycles. The molecule has 0 spiro atoms. The molecule has 0 aromatic heterocycles. The fourth-order valence-corrected chi connectivity index (χ4v) is 3.52. The van der Waals surface area contributed by atoms with Crippen LogP contribution in [0.2, 0.25) is 0 Å². The topological polar surface area (TPSA) is 12.0 Å². The summed E-state index contributed by atoms with van der Waals surface area (Å²) in [5.41, 5.74) is 0.